The lowest BCUT2D eigenvalue weighted by Gasteiger charge is -2.15. The summed E-state index contributed by atoms with van der Waals surface area (Å²) in [6, 6.07) is 9.43. The fraction of sp³-hybridized carbons (Fsp3) is 0.333. The zero-order chi connectivity index (χ0) is 14.3. The smallest absolute Gasteiger partial charge is 0.267 e. The van der Waals surface area contributed by atoms with Crippen LogP contribution in [0.25, 0.3) is 0 Å². The largest absolute Gasteiger partial charge is 0.377 e. The Labute approximate surface area is 114 Å². The van der Waals surface area contributed by atoms with Crippen LogP contribution in [0.3, 0.4) is 0 Å². The second-order valence-corrected chi connectivity index (χ2v) is 4.20. The highest BCUT2D eigenvalue weighted by molar-refractivity contribution is 6.06. The van der Waals surface area contributed by atoms with E-state index in [1.165, 1.54) is 0 Å². The minimum Gasteiger partial charge on any atom is -0.377 e. The van der Waals surface area contributed by atoms with Gasteiger partial charge in [0, 0.05) is 25.0 Å². The van der Waals surface area contributed by atoms with E-state index in [1.807, 2.05) is 49.9 Å². The molecule has 0 aromatic heterocycles. The van der Waals surface area contributed by atoms with Crippen LogP contribution in [-0.2, 0) is 4.79 Å². The van der Waals surface area contributed by atoms with Gasteiger partial charge in [-0.2, -0.15) is 5.26 Å². The van der Waals surface area contributed by atoms with Crippen molar-refractivity contribution in [3.8, 4) is 6.07 Å². The first-order valence-electron chi connectivity index (χ1n) is 6.34. The summed E-state index contributed by atoms with van der Waals surface area (Å²) in [5.74, 6) is -0.375. The third-order valence-corrected chi connectivity index (χ3v) is 2.77. The minimum atomic E-state index is -0.375. The van der Waals surface area contributed by atoms with Gasteiger partial charge in [0.05, 0.1) is 0 Å². The van der Waals surface area contributed by atoms with Crippen molar-refractivity contribution in [3.63, 3.8) is 0 Å². The molecule has 0 heterocycles. The van der Waals surface area contributed by atoms with Crippen molar-refractivity contribution in [2.75, 3.05) is 18.4 Å². The summed E-state index contributed by atoms with van der Waals surface area (Å²) in [5, 5.41) is 11.8. The Morgan fingerprint density at radius 3 is 2.63 bits per heavy atom. The number of hydrogen-bond acceptors (Lipinski definition) is 3. The van der Waals surface area contributed by atoms with Crippen LogP contribution in [0.2, 0.25) is 0 Å². The van der Waals surface area contributed by atoms with E-state index in [4.69, 9.17) is 5.26 Å². The van der Waals surface area contributed by atoms with Gasteiger partial charge in [-0.1, -0.05) is 12.1 Å². The van der Waals surface area contributed by atoms with Gasteiger partial charge in [-0.05, 0) is 38.5 Å². The molecular formula is C15H19N3O. The maximum absolute atomic E-state index is 12.0. The number of carbonyl (C=O) groups is 1. The Bertz CT molecular complexity index is 510. The van der Waals surface area contributed by atoms with E-state index in [0.29, 0.717) is 5.69 Å². The lowest BCUT2D eigenvalue weighted by atomic mass is 10.2. The highest BCUT2D eigenvalue weighted by Crippen LogP contribution is 2.11. The minimum absolute atomic E-state index is 0.116. The van der Waals surface area contributed by atoms with Crippen LogP contribution in [0.15, 0.2) is 36.0 Å². The van der Waals surface area contributed by atoms with Crippen molar-refractivity contribution in [1.82, 2.24) is 4.90 Å². The van der Waals surface area contributed by atoms with Gasteiger partial charge in [0.25, 0.3) is 5.91 Å². The fourth-order valence-electron chi connectivity index (χ4n) is 1.65. The topological polar surface area (TPSA) is 56.1 Å². The van der Waals surface area contributed by atoms with Crippen LogP contribution in [0, 0.1) is 18.3 Å². The van der Waals surface area contributed by atoms with Gasteiger partial charge in [0.1, 0.15) is 11.6 Å². The Morgan fingerprint density at radius 2 is 2.11 bits per heavy atom. The normalized spacial score (nSPS) is 10.7. The SMILES string of the molecule is CCN(/C=C(/C#N)C(=O)Nc1cccc(C)c1)CC. The molecule has 0 fully saturated rings. The molecule has 1 rings (SSSR count). The molecule has 0 bridgehead atoms. The lowest BCUT2D eigenvalue weighted by Crippen LogP contribution is -2.20. The number of anilines is 1. The maximum Gasteiger partial charge on any atom is 0.267 e. The first kappa shape index (κ1) is 14.8. The number of rotatable bonds is 5. The zero-order valence-electron chi connectivity index (χ0n) is 11.6. The van der Waals surface area contributed by atoms with Gasteiger partial charge in [-0.15, -0.1) is 0 Å². The molecule has 0 radical (unpaired) electrons. The van der Waals surface area contributed by atoms with Gasteiger partial charge in [0.2, 0.25) is 0 Å². The molecule has 100 valence electrons. The summed E-state index contributed by atoms with van der Waals surface area (Å²) in [6.45, 7) is 7.44. The van der Waals surface area contributed by atoms with Crippen LogP contribution in [0.1, 0.15) is 19.4 Å². The van der Waals surface area contributed by atoms with E-state index < -0.39 is 0 Å². The third-order valence-electron chi connectivity index (χ3n) is 2.77. The van der Waals surface area contributed by atoms with Crippen LogP contribution in [0.5, 0.6) is 0 Å². The predicted molar refractivity (Wildman–Crippen MR) is 76.4 cm³/mol. The Kier molecular flexibility index (Phi) is 5.62. The van der Waals surface area contributed by atoms with Crippen molar-refractivity contribution < 1.29 is 4.79 Å². The van der Waals surface area contributed by atoms with Crippen molar-refractivity contribution in [2.24, 2.45) is 0 Å². The van der Waals surface area contributed by atoms with Crippen molar-refractivity contribution >= 4 is 11.6 Å². The summed E-state index contributed by atoms with van der Waals surface area (Å²) in [5.41, 5.74) is 1.87. The molecule has 1 aromatic carbocycles. The van der Waals surface area contributed by atoms with E-state index in [-0.39, 0.29) is 11.5 Å². The number of aryl methyl sites for hydroxylation is 1. The quantitative estimate of drug-likeness (QED) is 0.651. The fourth-order valence-corrected chi connectivity index (χ4v) is 1.65. The number of carbonyl (C=O) groups excluding carboxylic acids is 1. The average Bonchev–Trinajstić information content (AvgIpc) is 2.40. The molecule has 0 aliphatic carbocycles. The number of amides is 1. The number of hydrogen-bond donors (Lipinski definition) is 1. The molecule has 4 heteroatoms. The molecule has 1 N–H and O–H groups in total. The molecule has 19 heavy (non-hydrogen) atoms. The number of nitriles is 1. The molecule has 0 aliphatic rings. The zero-order valence-corrected chi connectivity index (χ0v) is 11.6. The molecule has 0 spiro atoms. The van der Waals surface area contributed by atoms with Crippen LogP contribution >= 0.6 is 0 Å². The van der Waals surface area contributed by atoms with E-state index in [2.05, 4.69) is 5.32 Å². The van der Waals surface area contributed by atoms with E-state index in [1.54, 1.807) is 12.3 Å². The van der Waals surface area contributed by atoms with Gasteiger partial charge in [0.15, 0.2) is 0 Å². The van der Waals surface area contributed by atoms with Crippen LogP contribution in [0.4, 0.5) is 5.69 Å². The predicted octanol–water partition coefficient (Wildman–Crippen LogP) is 2.68. The van der Waals surface area contributed by atoms with Gasteiger partial charge >= 0.3 is 0 Å². The molecule has 0 saturated carbocycles. The highest BCUT2D eigenvalue weighted by atomic mass is 16.1. The average molecular weight is 257 g/mol. The number of nitrogens with zero attached hydrogens (tertiary/aromatic N) is 2. The van der Waals surface area contributed by atoms with Crippen molar-refractivity contribution in [1.29, 1.82) is 5.26 Å². The van der Waals surface area contributed by atoms with Crippen LogP contribution in [-0.4, -0.2) is 23.9 Å². The first-order valence-corrected chi connectivity index (χ1v) is 6.34. The van der Waals surface area contributed by atoms with E-state index in [9.17, 15) is 4.79 Å². The molecular weight excluding hydrogens is 238 g/mol. The summed E-state index contributed by atoms with van der Waals surface area (Å²) in [7, 11) is 0. The van der Waals surface area contributed by atoms with Gasteiger partial charge in [-0.3, -0.25) is 4.79 Å². The monoisotopic (exact) mass is 257 g/mol. The van der Waals surface area contributed by atoms with Gasteiger partial charge in [-0.25, -0.2) is 0 Å². The molecule has 1 amide bonds. The Morgan fingerprint density at radius 1 is 1.42 bits per heavy atom. The summed E-state index contributed by atoms with van der Waals surface area (Å²) < 4.78 is 0. The molecule has 0 saturated heterocycles. The lowest BCUT2D eigenvalue weighted by molar-refractivity contribution is -0.112. The highest BCUT2D eigenvalue weighted by Gasteiger charge is 2.10. The molecule has 4 nitrogen and oxygen atoms in total. The van der Waals surface area contributed by atoms with E-state index >= 15 is 0 Å². The first-order chi connectivity index (χ1) is 9.10. The Balaban J connectivity index is 2.83. The Hall–Kier alpha value is -2.28. The maximum atomic E-state index is 12.0. The summed E-state index contributed by atoms with van der Waals surface area (Å²) >= 11 is 0. The standard InChI is InChI=1S/C15H19N3O/c1-4-18(5-2)11-13(10-16)15(19)17-14-8-6-7-12(3)9-14/h6-9,11H,4-5H2,1-3H3,(H,17,19)/b13-11-. The summed E-state index contributed by atoms with van der Waals surface area (Å²) in [6.07, 6.45) is 1.60. The molecule has 0 atom stereocenters. The van der Waals surface area contributed by atoms with Crippen molar-refractivity contribution in [2.45, 2.75) is 20.8 Å². The summed E-state index contributed by atoms with van der Waals surface area (Å²) in [4.78, 5) is 13.9. The number of benzene rings is 1. The number of nitrogens with one attached hydrogen (secondary N) is 1. The second kappa shape index (κ2) is 7.22. The second-order valence-electron chi connectivity index (χ2n) is 4.20. The third kappa shape index (κ3) is 4.47. The molecule has 0 aliphatic heterocycles. The van der Waals surface area contributed by atoms with Crippen molar-refractivity contribution in [3.05, 3.63) is 41.6 Å². The van der Waals surface area contributed by atoms with Gasteiger partial charge < -0.3 is 10.2 Å². The van der Waals surface area contributed by atoms with E-state index in [0.717, 1.165) is 18.7 Å². The van der Waals surface area contributed by atoms with Crippen LogP contribution < -0.4 is 5.32 Å². The molecule has 0 unspecified atom stereocenters. The molecule has 1 aromatic rings.